The number of benzene rings is 2. The number of thiocarbonyl (C=S) groups is 1. The van der Waals surface area contributed by atoms with Crippen LogP contribution in [0.3, 0.4) is 0 Å². The molecule has 146 valence electrons. The first-order valence-corrected chi connectivity index (χ1v) is 9.53. The molecule has 3 rings (SSSR count). The highest BCUT2D eigenvalue weighted by Gasteiger charge is 2.35. The summed E-state index contributed by atoms with van der Waals surface area (Å²) in [6.45, 7) is 4.47. The molecule has 0 saturated heterocycles. The summed E-state index contributed by atoms with van der Waals surface area (Å²) in [6, 6.07) is 17.3. The predicted octanol–water partition coefficient (Wildman–Crippen LogP) is 3.89. The Bertz CT molecular complexity index is 896. The molecule has 0 saturated carbocycles. The van der Waals surface area contributed by atoms with Gasteiger partial charge in [-0.25, -0.2) is 4.79 Å². The Morgan fingerprint density at radius 1 is 1.07 bits per heavy atom. The van der Waals surface area contributed by atoms with Crippen LogP contribution in [0.1, 0.15) is 24.1 Å². The maximum absolute atomic E-state index is 13.0. The van der Waals surface area contributed by atoms with E-state index >= 15 is 0 Å². The number of carbonyl (C=O) groups is 1. The Morgan fingerprint density at radius 2 is 1.75 bits per heavy atom. The van der Waals surface area contributed by atoms with Crippen molar-refractivity contribution in [2.24, 2.45) is 0 Å². The van der Waals surface area contributed by atoms with Crippen molar-refractivity contribution in [2.75, 3.05) is 25.2 Å². The zero-order valence-corrected chi connectivity index (χ0v) is 17.1. The van der Waals surface area contributed by atoms with Crippen molar-refractivity contribution < 1.29 is 14.3 Å². The normalized spacial score (nSPS) is 16.8. The van der Waals surface area contributed by atoms with Crippen molar-refractivity contribution in [3.8, 4) is 0 Å². The summed E-state index contributed by atoms with van der Waals surface area (Å²) < 4.78 is 10.5. The van der Waals surface area contributed by atoms with Gasteiger partial charge < -0.3 is 14.8 Å². The Hall–Kier alpha value is -2.70. The first-order valence-electron chi connectivity index (χ1n) is 9.12. The van der Waals surface area contributed by atoms with Gasteiger partial charge in [-0.05, 0) is 49.3 Å². The lowest BCUT2D eigenvalue weighted by Crippen LogP contribution is -2.48. The van der Waals surface area contributed by atoms with Gasteiger partial charge in [0.2, 0.25) is 0 Å². The summed E-state index contributed by atoms with van der Waals surface area (Å²) in [6.07, 6.45) is 0. The second-order valence-electron chi connectivity index (χ2n) is 6.54. The minimum absolute atomic E-state index is 0.197. The number of aryl methyl sites for hydroxylation is 1. The number of hydrogen-bond acceptors (Lipinski definition) is 4. The number of methoxy groups -OCH3 is 1. The van der Waals surface area contributed by atoms with Gasteiger partial charge in [-0.2, -0.15) is 0 Å². The molecule has 0 aromatic heterocycles. The summed E-state index contributed by atoms with van der Waals surface area (Å²) in [5.74, 6) is -0.376. The molecule has 2 aromatic carbocycles. The van der Waals surface area contributed by atoms with Gasteiger partial charge in [0.05, 0.1) is 18.2 Å². The number of esters is 1. The van der Waals surface area contributed by atoms with E-state index in [2.05, 4.69) is 5.32 Å². The van der Waals surface area contributed by atoms with Crippen LogP contribution >= 0.6 is 12.2 Å². The van der Waals surface area contributed by atoms with Crippen LogP contribution in [0, 0.1) is 6.92 Å². The Morgan fingerprint density at radius 3 is 2.43 bits per heavy atom. The molecule has 0 amide bonds. The van der Waals surface area contributed by atoms with E-state index in [1.165, 1.54) is 0 Å². The third-order valence-corrected chi connectivity index (χ3v) is 5.04. The van der Waals surface area contributed by atoms with Crippen LogP contribution < -0.4 is 10.2 Å². The average molecular weight is 397 g/mol. The van der Waals surface area contributed by atoms with Crippen molar-refractivity contribution in [3.63, 3.8) is 0 Å². The largest absolute Gasteiger partial charge is 0.460 e. The molecule has 0 fully saturated rings. The van der Waals surface area contributed by atoms with Crippen molar-refractivity contribution in [2.45, 2.75) is 19.9 Å². The standard InChI is InChI=1S/C22H24N2O3S/c1-15-9-7-8-12-18(15)20-19(21(25)27-14-13-26-3)16(2)24(22(28)23-20)17-10-5-4-6-11-17/h4-12,20H,13-14H2,1-3H3,(H,23,28). The third-order valence-electron chi connectivity index (χ3n) is 4.74. The van der Waals surface area contributed by atoms with Crippen LogP contribution in [0.5, 0.6) is 0 Å². The molecule has 1 aliphatic heterocycles. The van der Waals surface area contributed by atoms with E-state index in [4.69, 9.17) is 21.7 Å². The molecule has 2 aromatic rings. The third kappa shape index (κ3) is 4.08. The number of anilines is 1. The average Bonchev–Trinajstić information content (AvgIpc) is 2.69. The van der Waals surface area contributed by atoms with E-state index in [1.54, 1.807) is 7.11 Å². The van der Waals surface area contributed by atoms with Crippen molar-refractivity contribution in [3.05, 3.63) is 77.0 Å². The topological polar surface area (TPSA) is 50.8 Å². The minimum Gasteiger partial charge on any atom is -0.460 e. The van der Waals surface area contributed by atoms with Gasteiger partial charge in [0.25, 0.3) is 0 Å². The zero-order chi connectivity index (χ0) is 20.1. The lowest BCUT2D eigenvalue weighted by molar-refractivity contribution is -0.140. The SMILES string of the molecule is COCCOC(=O)C1=C(C)N(c2ccccc2)C(=S)NC1c1ccccc1C. The quantitative estimate of drug-likeness (QED) is 0.454. The van der Waals surface area contributed by atoms with Crippen LogP contribution in [0.2, 0.25) is 0 Å². The molecule has 0 spiro atoms. The number of carbonyl (C=O) groups excluding carboxylic acids is 1. The molecule has 6 heteroatoms. The highest BCUT2D eigenvalue weighted by molar-refractivity contribution is 7.80. The van der Waals surface area contributed by atoms with E-state index in [-0.39, 0.29) is 18.6 Å². The van der Waals surface area contributed by atoms with E-state index in [1.807, 2.05) is 73.3 Å². The number of nitrogens with one attached hydrogen (secondary N) is 1. The molecule has 1 aliphatic rings. The summed E-state index contributed by atoms with van der Waals surface area (Å²) in [4.78, 5) is 14.9. The number of rotatable bonds is 6. The van der Waals surface area contributed by atoms with Crippen LogP contribution in [0.25, 0.3) is 0 Å². The monoisotopic (exact) mass is 396 g/mol. The zero-order valence-electron chi connectivity index (χ0n) is 16.3. The van der Waals surface area contributed by atoms with Gasteiger partial charge in [0.1, 0.15) is 6.61 Å². The van der Waals surface area contributed by atoms with Crippen molar-refractivity contribution in [1.82, 2.24) is 5.32 Å². The summed E-state index contributed by atoms with van der Waals surface area (Å²) >= 11 is 5.66. The molecular weight excluding hydrogens is 372 g/mol. The maximum Gasteiger partial charge on any atom is 0.338 e. The molecule has 0 aliphatic carbocycles. The van der Waals surface area contributed by atoms with Gasteiger partial charge in [-0.15, -0.1) is 0 Å². The lowest BCUT2D eigenvalue weighted by Gasteiger charge is -2.38. The van der Waals surface area contributed by atoms with Crippen molar-refractivity contribution >= 4 is 29.0 Å². The fourth-order valence-electron chi connectivity index (χ4n) is 3.33. The predicted molar refractivity (Wildman–Crippen MR) is 114 cm³/mol. The number of hydrogen-bond donors (Lipinski definition) is 1. The minimum atomic E-state index is -0.376. The Labute approximate surface area is 170 Å². The van der Waals surface area contributed by atoms with Gasteiger partial charge in [-0.1, -0.05) is 42.5 Å². The smallest absolute Gasteiger partial charge is 0.338 e. The molecule has 1 heterocycles. The summed E-state index contributed by atoms with van der Waals surface area (Å²) in [5, 5.41) is 3.89. The van der Waals surface area contributed by atoms with E-state index in [0.29, 0.717) is 17.3 Å². The van der Waals surface area contributed by atoms with Crippen LogP contribution in [-0.2, 0) is 14.3 Å². The molecule has 0 bridgehead atoms. The second kappa shape index (κ2) is 8.99. The first kappa shape index (κ1) is 20.0. The highest BCUT2D eigenvalue weighted by atomic mass is 32.1. The van der Waals surface area contributed by atoms with Crippen molar-refractivity contribution in [1.29, 1.82) is 0 Å². The number of allylic oxidation sites excluding steroid dienone is 1. The number of para-hydroxylation sites is 1. The molecule has 1 unspecified atom stereocenters. The molecule has 1 N–H and O–H groups in total. The summed E-state index contributed by atoms with van der Waals surface area (Å²) in [7, 11) is 1.58. The fourth-order valence-corrected chi connectivity index (χ4v) is 3.69. The lowest BCUT2D eigenvalue weighted by atomic mass is 9.92. The molecule has 0 radical (unpaired) electrons. The Balaban J connectivity index is 2.08. The second-order valence-corrected chi connectivity index (χ2v) is 6.92. The van der Waals surface area contributed by atoms with Gasteiger partial charge >= 0.3 is 5.97 Å². The Kier molecular flexibility index (Phi) is 6.44. The van der Waals surface area contributed by atoms with E-state index in [0.717, 1.165) is 22.5 Å². The van der Waals surface area contributed by atoms with Gasteiger partial charge in [-0.3, -0.25) is 4.90 Å². The number of nitrogens with zero attached hydrogens (tertiary/aromatic N) is 1. The van der Waals surface area contributed by atoms with E-state index < -0.39 is 0 Å². The fraction of sp³-hybridized carbons (Fsp3) is 0.273. The van der Waals surface area contributed by atoms with Crippen LogP contribution in [-0.4, -0.2) is 31.4 Å². The molecule has 1 atom stereocenters. The van der Waals surface area contributed by atoms with E-state index in [9.17, 15) is 4.79 Å². The van der Waals surface area contributed by atoms with Gasteiger partial charge in [0.15, 0.2) is 5.11 Å². The van der Waals surface area contributed by atoms with Crippen LogP contribution in [0.15, 0.2) is 65.9 Å². The molecular formula is C22H24N2O3S. The molecule has 28 heavy (non-hydrogen) atoms. The number of ether oxygens (including phenoxy) is 2. The van der Waals surface area contributed by atoms with Crippen LogP contribution in [0.4, 0.5) is 5.69 Å². The maximum atomic E-state index is 13.0. The highest BCUT2D eigenvalue weighted by Crippen LogP contribution is 2.35. The van der Waals surface area contributed by atoms with Gasteiger partial charge in [0, 0.05) is 18.5 Å². The summed E-state index contributed by atoms with van der Waals surface area (Å²) in [5.41, 5.74) is 4.26. The molecule has 5 nitrogen and oxygen atoms in total. The first-order chi connectivity index (χ1) is 13.5.